The van der Waals surface area contributed by atoms with E-state index in [0.717, 1.165) is 41.1 Å². The summed E-state index contributed by atoms with van der Waals surface area (Å²) in [6, 6.07) is 8.25. The van der Waals surface area contributed by atoms with Crippen LogP contribution >= 0.6 is 0 Å². The average molecular weight is 487 g/mol. The van der Waals surface area contributed by atoms with E-state index < -0.39 is 18.0 Å². The summed E-state index contributed by atoms with van der Waals surface area (Å²) in [7, 11) is 0. The third-order valence-electron chi connectivity index (χ3n) is 6.28. The van der Waals surface area contributed by atoms with Crippen LogP contribution in [0.15, 0.2) is 36.5 Å². The Kier molecular flexibility index (Phi) is 6.15. The number of aromatic nitrogens is 4. The molecule has 35 heavy (non-hydrogen) atoms. The van der Waals surface area contributed by atoms with Crippen molar-refractivity contribution in [2.75, 3.05) is 24.5 Å². The molecule has 0 aliphatic carbocycles. The number of nitrogens with zero attached hydrogens (tertiary/aromatic N) is 5. The molecule has 2 aliphatic rings. The molecule has 1 fully saturated rings. The van der Waals surface area contributed by atoms with Crippen LogP contribution in [0.3, 0.4) is 0 Å². The number of hydrogen-bond acceptors (Lipinski definition) is 8. The van der Waals surface area contributed by atoms with Crippen molar-refractivity contribution < 1.29 is 22.7 Å². The van der Waals surface area contributed by atoms with Crippen LogP contribution in [0.5, 0.6) is 5.75 Å². The molecular formula is C23H24F3N7O2. The lowest BCUT2D eigenvalue weighted by Crippen LogP contribution is -2.52. The number of aromatic amines is 1. The van der Waals surface area contributed by atoms with Crippen LogP contribution in [0, 0.1) is 0 Å². The van der Waals surface area contributed by atoms with Gasteiger partial charge in [-0.1, -0.05) is 0 Å². The maximum atomic E-state index is 12.8. The minimum Gasteiger partial charge on any atom is -0.468 e. The van der Waals surface area contributed by atoms with Crippen LogP contribution < -0.4 is 15.0 Å². The number of hydrogen-bond donors (Lipinski definition) is 2. The third-order valence-corrected chi connectivity index (χ3v) is 6.28. The van der Waals surface area contributed by atoms with Gasteiger partial charge < -0.3 is 9.64 Å². The molecule has 1 saturated heterocycles. The SMILES string of the molecule is C[C@@H]1CN(Cc2n[nH]nc2-c2ccc3c(c2)CNC(C=O)O3)CCN1c1ccc(C(F)(F)F)cn1. The first-order chi connectivity index (χ1) is 16.8. The van der Waals surface area contributed by atoms with Gasteiger partial charge in [-0.05, 0) is 37.3 Å². The zero-order chi connectivity index (χ0) is 24.6. The van der Waals surface area contributed by atoms with E-state index in [-0.39, 0.29) is 6.04 Å². The number of rotatable bonds is 5. The van der Waals surface area contributed by atoms with Crippen molar-refractivity contribution in [1.82, 2.24) is 30.6 Å². The predicted molar refractivity (Wildman–Crippen MR) is 120 cm³/mol. The molecular weight excluding hydrogens is 463 g/mol. The second-order valence-electron chi connectivity index (χ2n) is 8.68. The summed E-state index contributed by atoms with van der Waals surface area (Å²) in [6.07, 6.45) is -3.44. The maximum absolute atomic E-state index is 12.8. The minimum atomic E-state index is -4.40. The third kappa shape index (κ3) is 4.84. The fourth-order valence-electron chi connectivity index (χ4n) is 4.49. The van der Waals surface area contributed by atoms with Crippen LogP contribution in [0.1, 0.15) is 23.7 Å². The Labute approximate surface area is 199 Å². The number of alkyl halides is 3. The zero-order valence-electron chi connectivity index (χ0n) is 18.9. The van der Waals surface area contributed by atoms with Crippen LogP contribution in [-0.2, 0) is 24.1 Å². The molecule has 1 aromatic carbocycles. The summed E-state index contributed by atoms with van der Waals surface area (Å²) in [4.78, 5) is 19.3. The van der Waals surface area contributed by atoms with Crippen LogP contribution in [-0.4, -0.2) is 63.5 Å². The highest BCUT2D eigenvalue weighted by atomic mass is 19.4. The van der Waals surface area contributed by atoms with E-state index in [1.165, 1.54) is 6.07 Å². The Morgan fingerprint density at radius 1 is 1.20 bits per heavy atom. The normalized spacial score (nSPS) is 20.9. The Balaban J connectivity index is 1.25. The molecule has 0 bridgehead atoms. The Hall–Kier alpha value is -3.51. The van der Waals surface area contributed by atoms with Crippen molar-refractivity contribution in [3.05, 3.63) is 53.3 Å². The number of fused-ring (bicyclic) bond motifs is 1. The standard InChI is InChI=1S/C23H24F3N7O2/c1-14-11-32(6-7-33(14)20-5-3-17(10-27-20)23(24,25)26)12-18-22(30-31-29-18)15-2-4-19-16(8-15)9-28-21(13-34)35-19/h2-5,8,10,13-14,21,28H,6-7,9,11-12H2,1H3,(H,29,30,31)/t14-,21?/m1/s1. The van der Waals surface area contributed by atoms with Crippen molar-refractivity contribution in [2.24, 2.45) is 0 Å². The van der Waals surface area contributed by atoms with Crippen LogP contribution in [0.2, 0.25) is 0 Å². The summed E-state index contributed by atoms with van der Waals surface area (Å²) in [5.74, 6) is 1.20. The Bertz CT molecular complexity index is 1200. The maximum Gasteiger partial charge on any atom is 0.417 e. The number of pyridine rings is 1. The van der Waals surface area contributed by atoms with Gasteiger partial charge in [0.15, 0.2) is 6.29 Å². The summed E-state index contributed by atoms with van der Waals surface area (Å²) in [5, 5.41) is 14.4. The quantitative estimate of drug-likeness (QED) is 0.530. The fourth-order valence-corrected chi connectivity index (χ4v) is 4.49. The van der Waals surface area contributed by atoms with Gasteiger partial charge in [-0.25, -0.2) is 4.98 Å². The molecule has 2 aromatic heterocycles. The Morgan fingerprint density at radius 3 is 2.77 bits per heavy atom. The van der Waals surface area contributed by atoms with Gasteiger partial charge in [-0.2, -0.15) is 28.6 Å². The molecule has 2 aliphatic heterocycles. The topological polar surface area (TPSA) is 99.3 Å². The zero-order valence-corrected chi connectivity index (χ0v) is 18.9. The van der Waals surface area contributed by atoms with Gasteiger partial charge in [0.25, 0.3) is 0 Å². The monoisotopic (exact) mass is 487 g/mol. The highest BCUT2D eigenvalue weighted by Gasteiger charge is 2.32. The van der Waals surface area contributed by atoms with Crippen LogP contribution in [0.25, 0.3) is 11.3 Å². The summed E-state index contributed by atoms with van der Waals surface area (Å²) < 4.78 is 44.1. The number of halogens is 3. The molecule has 12 heteroatoms. The first-order valence-corrected chi connectivity index (χ1v) is 11.2. The number of benzene rings is 1. The van der Waals surface area contributed by atoms with E-state index in [2.05, 4.69) is 30.6 Å². The van der Waals surface area contributed by atoms with Gasteiger partial charge in [0.05, 0.1) is 5.56 Å². The van der Waals surface area contributed by atoms with Crippen molar-refractivity contribution in [2.45, 2.75) is 38.5 Å². The molecule has 2 N–H and O–H groups in total. The second-order valence-corrected chi connectivity index (χ2v) is 8.68. The molecule has 4 heterocycles. The molecule has 0 saturated carbocycles. The van der Waals surface area contributed by atoms with Gasteiger partial charge in [-0.15, -0.1) is 0 Å². The van der Waals surface area contributed by atoms with E-state index >= 15 is 0 Å². The second kappa shape index (κ2) is 9.27. The van der Waals surface area contributed by atoms with Crippen LogP contribution in [0.4, 0.5) is 19.0 Å². The molecule has 0 amide bonds. The lowest BCUT2D eigenvalue weighted by molar-refractivity contribution is -0.137. The van der Waals surface area contributed by atoms with E-state index in [1.807, 2.05) is 30.0 Å². The number of carbonyl (C=O) groups is 1. The number of ether oxygens (including phenoxy) is 1. The molecule has 3 aromatic rings. The largest absolute Gasteiger partial charge is 0.468 e. The first kappa shape index (κ1) is 23.2. The number of anilines is 1. The van der Waals surface area contributed by atoms with Crippen molar-refractivity contribution in [1.29, 1.82) is 0 Å². The molecule has 1 unspecified atom stereocenters. The van der Waals surface area contributed by atoms with Gasteiger partial charge in [0.2, 0.25) is 6.23 Å². The number of H-pyrrole nitrogens is 1. The number of aldehydes is 1. The molecule has 0 spiro atoms. The summed E-state index contributed by atoms with van der Waals surface area (Å²) >= 11 is 0. The average Bonchev–Trinajstić information content (AvgIpc) is 3.31. The number of nitrogens with one attached hydrogen (secondary N) is 2. The van der Waals surface area contributed by atoms with Gasteiger partial charge >= 0.3 is 6.18 Å². The van der Waals surface area contributed by atoms with Gasteiger partial charge in [0, 0.05) is 56.1 Å². The molecule has 184 valence electrons. The minimum absolute atomic E-state index is 0.0565. The molecule has 9 nitrogen and oxygen atoms in total. The van der Waals surface area contributed by atoms with Crippen molar-refractivity contribution in [3.63, 3.8) is 0 Å². The molecule has 2 atom stereocenters. The van der Waals surface area contributed by atoms with Crippen molar-refractivity contribution in [3.8, 4) is 17.0 Å². The summed E-state index contributed by atoms with van der Waals surface area (Å²) in [5.41, 5.74) is 2.61. The van der Waals surface area contributed by atoms with E-state index in [4.69, 9.17) is 4.74 Å². The highest BCUT2D eigenvalue weighted by molar-refractivity contribution is 5.65. The number of piperazine rings is 1. The fraction of sp³-hybridized carbons (Fsp3) is 0.391. The number of carbonyl (C=O) groups excluding carboxylic acids is 1. The van der Waals surface area contributed by atoms with Crippen molar-refractivity contribution >= 4 is 12.1 Å². The van der Waals surface area contributed by atoms with E-state index in [0.29, 0.717) is 44.3 Å². The molecule has 5 rings (SSSR count). The Morgan fingerprint density at radius 2 is 2.06 bits per heavy atom. The molecule has 0 radical (unpaired) electrons. The van der Waals surface area contributed by atoms with Gasteiger partial charge in [0.1, 0.15) is 23.0 Å². The first-order valence-electron chi connectivity index (χ1n) is 11.2. The van der Waals surface area contributed by atoms with Gasteiger partial charge in [-0.3, -0.25) is 15.0 Å². The lowest BCUT2D eigenvalue weighted by atomic mass is 10.0. The van der Waals surface area contributed by atoms with E-state index in [9.17, 15) is 18.0 Å². The lowest BCUT2D eigenvalue weighted by Gasteiger charge is -2.40. The summed E-state index contributed by atoms with van der Waals surface area (Å²) in [6.45, 7) is 5.14. The smallest absolute Gasteiger partial charge is 0.417 e. The predicted octanol–water partition coefficient (Wildman–Crippen LogP) is 2.60. The van der Waals surface area contributed by atoms with E-state index in [1.54, 1.807) is 0 Å². The highest BCUT2D eigenvalue weighted by Crippen LogP contribution is 2.31.